The Kier molecular flexibility index (Phi) is 3.44. The fourth-order valence-corrected chi connectivity index (χ4v) is 1.56. The van der Waals surface area contributed by atoms with E-state index in [2.05, 4.69) is 41.5 Å². The summed E-state index contributed by atoms with van der Waals surface area (Å²) in [5.41, 5.74) is 8.66. The fraction of sp³-hybridized carbons (Fsp3) is 0.143. The van der Waals surface area contributed by atoms with Gasteiger partial charge in [-0.1, -0.05) is 29.8 Å². The standard InChI is InChI=1S/C14H14N4/c1-10-2-4-11(5-3-10)9-17-14-7-6-12(16)13(8-15)18-14/h2-7H,9,16H2,1H3,(H,17,18). The third kappa shape index (κ3) is 2.77. The number of anilines is 2. The maximum atomic E-state index is 8.84. The molecule has 18 heavy (non-hydrogen) atoms. The van der Waals surface area contributed by atoms with Crippen LogP contribution in [0.2, 0.25) is 0 Å². The van der Waals surface area contributed by atoms with Crippen molar-refractivity contribution < 1.29 is 0 Å². The maximum absolute atomic E-state index is 8.84. The number of nitriles is 1. The summed E-state index contributed by atoms with van der Waals surface area (Å²) < 4.78 is 0. The van der Waals surface area contributed by atoms with Crippen LogP contribution in [0.4, 0.5) is 11.5 Å². The number of rotatable bonds is 3. The second kappa shape index (κ2) is 5.19. The van der Waals surface area contributed by atoms with Crippen LogP contribution in [0.5, 0.6) is 0 Å². The third-order valence-electron chi connectivity index (χ3n) is 2.63. The van der Waals surface area contributed by atoms with Gasteiger partial charge in [0.15, 0.2) is 5.69 Å². The van der Waals surface area contributed by atoms with Crippen molar-refractivity contribution in [3.63, 3.8) is 0 Å². The molecule has 0 bridgehead atoms. The third-order valence-corrected chi connectivity index (χ3v) is 2.63. The first-order chi connectivity index (χ1) is 8.69. The maximum Gasteiger partial charge on any atom is 0.165 e. The van der Waals surface area contributed by atoms with Gasteiger partial charge < -0.3 is 11.1 Å². The lowest BCUT2D eigenvalue weighted by Crippen LogP contribution is -2.03. The van der Waals surface area contributed by atoms with E-state index in [4.69, 9.17) is 11.0 Å². The van der Waals surface area contributed by atoms with Gasteiger partial charge in [-0.05, 0) is 24.6 Å². The Morgan fingerprint density at radius 1 is 1.22 bits per heavy atom. The molecular weight excluding hydrogens is 224 g/mol. The Balaban J connectivity index is 2.06. The highest BCUT2D eigenvalue weighted by molar-refractivity contribution is 5.54. The average molecular weight is 238 g/mol. The molecule has 1 aromatic heterocycles. The Morgan fingerprint density at radius 3 is 2.61 bits per heavy atom. The normalized spacial score (nSPS) is 9.78. The Hall–Kier alpha value is -2.54. The predicted molar refractivity (Wildman–Crippen MR) is 71.9 cm³/mol. The van der Waals surface area contributed by atoms with Crippen molar-refractivity contribution in [2.75, 3.05) is 11.1 Å². The number of benzene rings is 1. The highest BCUT2D eigenvalue weighted by Gasteiger charge is 2.01. The van der Waals surface area contributed by atoms with Crippen molar-refractivity contribution in [3.8, 4) is 6.07 Å². The van der Waals surface area contributed by atoms with Crippen molar-refractivity contribution in [1.82, 2.24) is 4.98 Å². The van der Waals surface area contributed by atoms with Crippen molar-refractivity contribution in [1.29, 1.82) is 5.26 Å². The lowest BCUT2D eigenvalue weighted by molar-refractivity contribution is 1.10. The van der Waals surface area contributed by atoms with Crippen LogP contribution in [0.1, 0.15) is 16.8 Å². The van der Waals surface area contributed by atoms with Crippen molar-refractivity contribution in [2.45, 2.75) is 13.5 Å². The largest absolute Gasteiger partial charge is 0.396 e. The monoisotopic (exact) mass is 238 g/mol. The highest BCUT2D eigenvalue weighted by Crippen LogP contribution is 2.13. The summed E-state index contributed by atoms with van der Waals surface area (Å²) in [6.07, 6.45) is 0. The summed E-state index contributed by atoms with van der Waals surface area (Å²) in [5, 5.41) is 12.0. The van der Waals surface area contributed by atoms with Gasteiger partial charge in [-0.15, -0.1) is 0 Å². The van der Waals surface area contributed by atoms with E-state index in [9.17, 15) is 0 Å². The minimum atomic E-state index is 0.254. The molecule has 0 saturated heterocycles. The first-order valence-corrected chi connectivity index (χ1v) is 5.65. The molecule has 4 nitrogen and oxygen atoms in total. The van der Waals surface area contributed by atoms with Crippen LogP contribution < -0.4 is 11.1 Å². The molecule has 0 aliphatic heterocycles. The minimum absolute atomic E-state index is 0.254. The van der Waals surface area contributed by atoms with E-state index in [0.717, 1.165) is 5.56 Å². The van der Waals surface area contributed by atoms with Gasteiger partial charge in [-0.25, -0.2) is 4.98 Å². The number of hydrogen-bond donors (Lipinski definition) is 2. The molecule has 2 aromatic rings. The molecule has 0 atom stereocenters. The molecule has 0 saturated carbocycles. The van der Waals surface area contributed by atoms with E-state index < -0.39 is 0 Å². The second-order valence-corrected chi connectivity index (χ2v) is 4.09. The van der Waals surface area contributed by atoms with Crippen molar-refractivity contribution in [2.24, 2.45) is 0 Å². The number of nitrogens with two attached hydrogens (primary N) is 1. The van der Waals surface area contributed by atoms with E-state index in [0.29, 0.717) is 18.1 Å². The van der Waals surface area contributed by atoms with Crippen LogP contribution in [0, 0.1) is 18.3 Å². The number of pyridine rings is 1. The lowest BCUT2D eigenvalue weighted by Gasteiger charge is -2.07. The minimum Gasteiger partial charge on any atom is -0.396 e. The van der Waals surface area contributed by atoms with Gasteiger partial charge in [0.2, 0.25) is 0 Å². The van der Waals surface area contributed by atoms with E-state index in [1.807, 2.05) is 6.07 Å². The fourth-order valence-electron chi connectivity index (χ4n) is 1.56. The molecule has 90 valence electrons. The van der Waals surface area contributed by atoms with Crippen LogP contribution in [-0.4, -0.2) is 4.98 Å². The molecule has 0 spiro atoms. The predicted octanol–water partition coefficient (Wildman–Crippen LogP) is 2.46. The average Bonchev–Trinajstić information content (AvgIpc) is 2.39. The summed E-state index contributed by atoms with van der Waals surface area (Å²) in [6, 6.07) is 13.7. The topological polar surface area (TPSA) is 74.7 Å². The lowest BCUT2D eigenvalue weighted by atomic mass is 10.1. The molecule has 0 fully saturated rings. The Labute approximate surface area is 106 Å². The van der Waals surface area contributed by atoms with Gasteiger partial charge >= 0.3 is 0 Å². The molecule has 0 radical (unpaired) electrons. The highest BCUT2D eigenvalue weighted by atomic mass is 15.0. The summed E-state index contributed by atoms with van der Waals surface area (Å²) in [6.45, 7) is 2.72. The molecule has 1 aromatic carbocycles. The summed E-state index contributed by atoms with van der Waals surface area (Å²) >= 11 is 0. The van der Waals surface area contributed by atoms with Crippen molar-refractivity contribution >= 4 is 11.5 Å². The summed E-state index contributed by atoms with van der Waals surface area (Å²) in [5.74, 6) is 0.654. The van der Waals surface area contributed by atoms with Gasteiger partial charge in [0.1, 0.15) is 11.9 Å². The van der Waals surface area contributed by atoms with Crippen molar-refractivity contribution in [3.05, 3.63) is 53.2 Å². The number of nitrogens with zero attached hydrogens (tertiary/aromatic N) is 2. The van der Waals surface area contributed by atoms with E-state index in [1.165, 1.54) is 5.56 Å². The zero-order chi connectivity index (χ0) is 13.0. The smallest absolute Gasteiger partial charge is 0.165 e. The van der Waals surface area contributed by atoms with Gasteiger partial charge in [-0.3, -0.25) is 0 Å². The number of hydrogen-bond acceptors (Lipinski definition) is 4. The zero-order valence-electron chi connectivity index (χ0n) is 10.1. The molecule has 0 aliphatic rings. The molecule has 2 rings (SSSR count). The summed E-state index contributed by atoms with van der Waals surface area (Å²) in [4.78, 5) is 4.13. The number of nitrogens with one attached hydrogen (secondary N) is 1. The molecule has 0 aliphatic carbocycles. The first kappa shape index (κ1) is 11.9. The molecular formula is C14H14N4. The molecule has 4 heteroatoms. The van der Waals surface area contributed by atoms with Crippen LogP contribution in [0.15, 0.2) is 36.4 Å². The molecule has 0 unspecified atom stereocenters. The molecule has 3 N–H and O–H groups in total. The van der Waals surface area contributed by atoms with E-state index in [-0.39, 0.29) is 5.69 Å². The zero-order valence-corrected chi connectivity index (χ0v) is 10.1. The van der Waals surface area contributed by atoms with Gasteiger partial charge in [0.05, 0.1) is 5.69 Å². The first-order valence-electron chi connectivity index (χ1n) is 5.65. The van der Waals surface area contributed by atoms with Crippen LogP contribution in [0.3, 0.4) is 0 Å². The Bertz CT molecular complexity index is 582. The van der Waals surface area contributed by atoms with Crippen LogP contribution >= 0.6 is 0 Å². The SMILES string of the molecule is Cc1ccc(CNc2ccc(N)c(C#N)n2)cc1. The number of aromatic nitrogens is 1. The Morgan fingerprint density at radius 2 is 1.94 bits per heavy atom. The second-order valence-electron chi connectivity index (χ2n) is 4.09. The van der Waals surface area contributed by atoms with Gasteiger partial charge in [-0.2, -0.15) is 5.26 Å². The van der Waals surface area contributed by atoms with E-state index in [1.54, 1.807) is 12.1 Å². The van der Waals surface area contributed by atoms with Gasteiger partial charge in [0.25, 0.3) is 0 Å². The van der Waals surface area contributed by atoms with Gasteiger partial charge in [0, 0.05) is 6.54 Å². The quantitative estimate of drug-likeness (QED) is 0.861. The van der Waals surface area contributed by atoms with E-state index >= 15 is 0 Å². The van der Waals surface area contributed by atoms with Crippen LogP contribution in [-0.2, 0) is 6.54 Å². The number of aryl methyl sites for hydroxylation is 1. The number of nitrogen functional groups attached to an aromatic ring is 1. The molecule has 0 amide bonds. The molecule has 1 heterocycles. The summed E-state index contributed by atoms with van der Waals surface area (Å²) in [7, 11) is 0. The van der Waals surface area contributed by atoms with Crippen LogP contribution in [0.25, 0.3) is 0 Å².